The average molecular weight is 369 g/mol. The zero-order valence-corrected chi connectivity index (χ0v) is 14.9. The lowest BCUT2D eigenvalue weighted by atomic mass is 10.1. The van der Waals surface area contributed by atoms with Crippen molar-refractivity contribution in [3.63, 3.8) is 0 Å². The van der Waals surface area contributed by atoms with E-state index in [0.717, 1.165) is 13.0 Å². The minimum atomic E-state index is -0.439. The van der Waals surface area contributed by atoms with Crippen LogP contribution < -0.4 is 16.4 Å². The third kappa shape index (κ3) is 4.98. The molecule has 1 saturated heterocycles. The Bertz CT molecular complexity index is 722. The van der Waals surface area contributed by atoms with Crippen molar-refractivity contribution < 1.29 is 19.4 Å². The molecule has 0 unspecified atom stereocenters. The summed E-state index contributed by atoms with van der Waals surface area (Å²) in [6.45, 7) is 1.30. The van der Waals surface area contributed by atoms with Crippen LogP contribution in [0.2, 0.25) is 0 Å². The number of aromatic hydroxyl groups is 1. The lowest BCUT2D eigenvalue weighted by Crippen LogP contribution is -2.49. The highest BCUT2D eigenvalue weighted by molar-refractivity contribution is 5.94. The van der Waals surface area contributed by atoms with Gasteiger partial charge >= 0.3 is 5.97 Å². The molecule has 1 fully saturated rings. The number of anilines is 1. The van der Waals surface area contributed by atoms with Crippen LogP contribution in [0.25, 0.3) is 0 Å². The second-order valence-corrected chi connectivity index (χ2v) is 6.54. The van der Waals surface area contributed by atoms with E-state index in [1.54, 1.807) is 36.4 Å². The molecule has 0 radical (unpaired) electrons. The van der Waals surface area contributed by atoms with Crippen LogP contribution in [0.4, 0.5) is 5.69 Å². The zero-order valence-electron chi connectivity index (χ0n) is 14.9. The van der Waals surface area contributed by atoms with Gasteiger partial charge in [-0.15, -0.1) is 0 Å². The molecule has 5 N–H and O–H groups in total. The second kappa shape index (κ2) is 8.55. The Kier molecular flexibility index (Phi) is 5.93. The van der Waals surface area contributed by atoms with Crippen molar-refractivity contribution in [2.45, 2.75) is 25.0 Å². The molecule has 0 saturated carbocycles. The van der Waals surface area contributed by atoms with Crippen molar-refractivity contribution in [3.05, 3.63) is 59.7 Å². The molecule has 0 bridgehead atoms. The van der Waals surface area contributed by atoms with Crippen LogP contribution in [-0.2, 0) is 4.74 Å². The lowest BCUT2D eigenvalue weighted by molar-refractivity contribution is 0.0192. The van der Waals surface area contributed by atoms with Crippen molar-refractivity contribution in [1.82, 2.24) is 10.6 Å². The number of benzene rings is 2. The number of hydrogen-bond donors (Lipinski definition) is 4. The van der Waals surface area contributed by atoms with Crippen LogP contribution in [0.3, 0.4) is 0 Å². The number of hydrogen-bond acceptors (Lipinski definition) is 6. The van der Waals surface area contributed by atoms with Gasteiger partial charge in [0.2, 0.25) is 0 Å². The molecule has 3 rings (SSSR count). The van der Waals surface area contributed by atoms with Gasteiger partial charge in [-0.1, -0.05) is 0 Å². The highest BCUT2D eigenvalue weighted by Gasteiger charge is 2.29. The van der Waals surface area contributed by atoms with Crippen molar-refractivity contribution in [2.75, 3.05) is 18.8 Å². The minimum Gasteiger partial charge on any atom is -0.508 e. The monoisotopic (exact) mass is 369 g/mol. The first-order valence-corrected chi connectivity index (χ1v) is 8.90. The molecular formula is C20H23N3O4. The van der Waals surface area contributed by atoms with Crippen molar-refractivity contribution in [1.29, 1.82) is 0 Å². The van der Waals surface area contributed by atoms with Crippen molar-refractivity contribution in [2.24, 2.45) is 0 Å². The third-order valence-electron chi connectivity index (χ3n) is 4.51. The fourth-order valence-electron chi connectivity index (χ4n) is 2.99. The first-order chi connectivity index (χ1) is 13.0. The van der Waals surface area contributed by atoms with Gasteiger partial charge in [-0.25, -0.2) is 4.79 Å². The Morgan fingerprint density at radius 3 is 2.44 bits per heavy atom. The van der Waals surface area contributed by atoms with Crippen LogP contribution in [0.1, 0.15) is 33.6 Å². The SMILES string of the molecule is Nc1ccc(C(=O)O[C@@H]2CCCNC[C@H]2NC(=O)c2ccc(O)cc2)cc1. The summed E-state index contributed by atoms with van der Waals surface area (Å²) in [5.41, 5.74) is 7.08. The summed E-state index contributed by atoms with van der Waals surface area (Å²) in [5, 5.41) is 15.5. The van der Waals surface area contributed by atoms with Gasteiger partial charge in [0.1, 0.15) is 11.9 Å². The standard InChI is InChI=1S/C20H23N3O4/c21-15-7-3-14(4-8-15)20(26)27-18-2-1-11-22-12-17(18)23-19(25)13-5-9-16(24)10-6-13/h3-10,17-18,22,24H,1-2,11-12,21H2,(H,23,25)/t17-,18-/m1/s1. The average Bonchev–Trinajstić information content (AvgIpc) is 2.88. The predicted molar refractivity (Wildman–Crippen MR) is 102 cm³/mol. The molecule has 0 aliphatic carbocycles. The van der Waals surface area contributed by atoms with Crippen molar-refractivity contribution >= 4 is 17.6 Å². The number of carbonyl (C=O) groups excluding carboxylic acids is 2. The minimum absolute atomic E-state index is 0.0954. The summed E-state index contributed by atoms with van der Waals surface area (Å²) in [6, 6.07) is 12.2. The van der Waals surface area contributed by atoms with E-state index in [4.69, 9.17) is 10.5 Å². The number of phenols is 1. The Morgan fingerprint density at radius 2 is 1.74 bits per heavy atom. The molecule has 1 aliphatic rings. The highest BCUT2D eigenvalue weighted by atomic mass is 16.5. The van der Waals surface area contributed by atoms with Gasteiger partial charge in [-0.05, 0) is 67.9 Å². The normalized spacial score (nSPS) is 19.7. The van der Waals surface area contributed by atoms with Gasteiger partial charge in [0, 0.05) is 17.8 Å². The molecule has 1 aliphatic heterocycles. The van der Waals surface area contributed by atoms with E-state index in [1.807, 2.05) is 0 Å². The molecule has 142 valence electrons. The predicted octanol–water partition coefficient (Wildman–Crippen LogP) is 1.68. The van der Waals surface area contributed by atoms with Gasteiger partial charge in [-0.3, -0.25) is 4.79 Å². The molecule has 7 nitrogen and oxygen atoms in total. The summed E-state index contributed by atoms with van der Waals surface area (Å²) in [6.07, 6.45) is 1.05. The van der Waals surface area contributed by atoms with Crippen LogP contribution in [0.5, 0.6) is 5.75 Å². The van der Waals surface area contributed by atoms with Gasteiger partial charge in [-0.2, -0.15) is 0 Å². The van der Waals surface area contributed by atoms with E-state index >= 15 is 0 Å². The first kappa shape index (κ1) is 18.7. The lowest BCUT2D eigenvalue weighted by Gasteiger charge is -2.26. The zero-order chi connectivity index (χ0) is 19.2. The summed E-state index contributed by atoms with van der Waals surface area (Å²) in [7, 11) is 0. The van der Waals surface area contributed by atoms with Crippen molar-refractivity contribution in [3.8, 4) is 5.75 Å². The van der Waals surface area contributed by atoms with E-state index in [2.05, 4.69) is 10.6 Å². The number of amides is 1. The van der Waals surface area contributed by atoms with E-state index in [-0.39, 0.29) is 17.7 Å². The molecule has 0 spiro atoms. The van der Waals surface area contributed by atoms with Gasteiger partial charge < -0.3 is 26.2 Å². The number of ether oxygens (including phenoxy) is 1. The Hall–Kier alpha value is -3.06. The Morgan fingerprint density at radius 1 is 1.07 bits per heavy atom. The van der Waals surface area contributed by atoms with E-state index in [9.17, 15) is 14.7 Å². The van der Waals surface area contributed by atoms with E-state index in [1.165, 1.54) is 12.1 Å². The largest absolute Gasteiger partial charge is 0.508 e. The van der Waals surface area contributed by atoms with Gasteiger partial charge in [0.25, 0.3) is 5.91 Å². The molecule has 2 aromatic carbocycles. The van der Waals surface area contributed by atoms with Crippen LogP contribution in [0.15, 0.2) is 48.5 Å². The number of phenolic OH excluding ortho intramolecular Hbond substituents is 1. The molecule has 1 heterocycles. The number of nitrogens with one attached hydrogen (secondary N) is 2. The molecule has 2 aromatic rings. The second-order valence-electron chi connectivity index (χ2n) is 6.54. The van der Waals surface area contributed by atoms with Gasteiger partial charge in [0.05, 0.1) is 11.6 Å². The fourth-order valence-corrected chi connectivity index (χ4v) is 2.99. The third-order valence-corrected chi connectivity index (χ3v) is 4.51. The van der Waals surface area contributed by atoms with Crippen LogP contribution in [0, 0.1) is 0 Å². The molecule has 2 atom stereocenters. The molecule has 7 heteroatoms. The topological polar surface area (TPSA) is 114 Å². The summed E-state index contributed by atoms with van der Waals surface area (Å²) in [4.78, 5) is 25.0. The molecule has 27 heavy (non-hydrogen) atoms. The van der Waals surface area contributed by atoms with E-state index < -0.39 is 12.1 Å². The summed E-state index contributed by atoms with van der Waals surface area (Å²) < 4.78 is 5.69. The maximum absolute atomic E-state index is 12.5. The highest BCUT2D eigenvalue weighted by Crippen LogP contribution is 2.16. The number of rotatable bonds is 4. The quantitative estimate of drug-likeness (QED) is 0.482. The summed E-state index contributed by atoms with van der Waals surface area (Å²) in [5.74, 6) is -0.624. The molecular weight excluding hydrogens is 346 g/mol. The smallest absolute Gasteiger partial charge is 0.338 e. The van der Waals surface area contributed by atoms with Crippen LogP contribution in [-0.4, -0.2) is 42.2 Å². The fraction of sp³-hybridized carbons (Fsp3) is 0.300. The Balaban J connectivity index is 1.69. The Labute approximate surface area is 157 Å². The maximum atomic E-state index is 12.5. The number of carbonyl (C=O) groups is 2. The maximum Gasteiger partial charge on any atom is 0.338 e. The van der Waals surface area contributed by atoms with Crippen LogP contribution >= 0.6 is 0 Å². The van der Waals surface area contributed by atoms with Gasteiger partial charge in [0.15, 0.2) is 0 Å². The first-order valence-electron chi connectivity index (χ1n) is 8.90. The number of nitrogens with two attached hydrogens (primary N) is 1. The van der Waals surface area contributed by atoms with E-state index in [0.29, 0.717) is 29.8 Å². The number of esters is 1. The summed E-state index contributed by atoms with van der Waals surface area (Å²) >= 11 is 0. The number of nitrogen functional groups attached to an aromatic ring is 1. The molecule has 1 amide bonds. The molecule has 0 aromatic heterocycles.